The maximum absolute atomic E-state index is 12.9. The van der Waals surface area contributed by atoms with E-state index in [4.69, 9.17) is 20.5 Å². The predicted octanol–water partition coefficient (Wildman–Crippen LogP) is 5.98. The Morgan fingerprint density at radius 3 is 2.44 bits per heavy atom. The van der Waals surface area contributed by atoms with E-state index < -0.39 is 25.9 Å². The summed E-state index contributed by atoms with van der Waals surface area (Å²) < 4.78 is 36.8. The molecular formula is C24H16BrClN4O9S2. The summed E-state index contributed by atoms with van der Waals surface area (Å²) in [5, 5.41) is 25.0. The van der Waals surface area contributed by atoms with Crippen molar-refractivity contribution in [1.29, 1.82) is 0 Å². The van der Waals surface area contributed by atoms with Crippen LogP contribution in [0.15, 0.2) is 73.9 Å². The highest BCUT2D eigenvalue weighted by Crippen LogP contribution is 2.40. The lowest BCUT2D eigenvalue weighted by atomic mass is 10.2. The molecule has 1 heterocycles. The smallest absolute Gasteiger partial charge is 0.339 e. The molecule has 0 spiro atoms. The summed E-state index contributed by atoms with van der Waals surface area (Å²) in [6, 6.07) is 11.1. The van der Waals surface area contributed by atoms with Crippen molar-refractivity contribution in [2.45, 2.75) is 11.8 Å². The molecule has 1 fully saturated rings. The fourth-order valence-electron chi connectivity index (χ4n) is 3.39. The summed E-state index contributed by atoms with van der Waals surface area (Å²) in [7, 11) is -4.40. The molecule has 41 heavy (non-hydrogen) atoms. The van der Waals surface area contributed by atoms with Gasteiger partial charge < -0.3 is 14.2 Å². The molecule has 3 aromatic rings. The first-order valence-electron chi connectivity index (χ1n) is 11.3. The minimum absolute atomic E-state index is 0.000517. The van der Waals surface area contributed by atoms with E-state index in [-0.39, 0.29) is 59.6 Å². The minimum Gasteiger partial charge on any atom is -0.490 e. The van der Waals surface area contributed by atoms with Gasteiger partial charge in [0.2, 0.25) is 0 Å². The van der Waals surface area contributed by atoms with Gasteiger partial charge in [-0.2, -0.15) is 8.42 Å². The maximum atomic E-state index is 12.9. The molecule has 1 amide bonds. The predicted molar refractivity (Wildman–Crippen MR) is 155 cm³/mol. The van der Waals surface area contributed by atoms with E-state index in [0.717, 1.165) is 42.1 Å². The molecule has 17 heteroatoms. The third-order valence-electron chi connectivity index (χ3n) is 5.17. The van der Waals surface area contributed by atoms with Gasteiger partial charge in [0.1, 0.15) is 10.6 Å². The lowest BCUT2D eigenvalue weighted by molar-refractivity contribution is -0.384. The number of nitro groups is 2. The van der Waals surface area contributed by atoms with Crippen LogP contribution in [0.4, 0.5) is 17.1 Å². The van der Waals surface area contributed by atoms with Crippen molar-refractivity contribution in [3.63, 3.8) is 0 Å². The number of halogens is 2. The molecule has 212 valence electrons. The standard InChI is InChI=1S/C24H16BrClN4O9S2/c1-2-38-20-10-13(9-17(25)22(20)39-41(36,37)16-6-4-15(5-7-16)29(32)33)11-21-23(31)28-24(40-21)27-18-8-3-14(26)12-19(18)30(34)35/h3-12H,2H2,1H3,(H,27,28,31)/b21-11+. The molecule has 1 aliphatic rings. The number of thioether (sulfide) groups is 1. The molecule has 0 atom stereocenters. The van der Waals surface area contributed by atoms with Crippen LogP contribution in [0.5, 0.6) is 11.5 Å². The molecule has 0 radical (unpaired) electrons. The van der Waals surface area contributed by atoms with Gasteiger partial charge >= 0.3 is 10.1 Å². The van der Waals surface area contributed by atoms with Gasteiger partial charge in [0, 0.05) is 23.2 Å². The Kier molecular flexibility index (Phi) is 8.96. The second-order valence-corrected chi connectivity index (χ2v) is 11.8. The fourth-order valence-corrected chi connectivity index (χ4v) is 5.99. The zero-order valence-electron chi connectivity index (χ0n) is 20.6. The number of carbonyl (C=O) groups excluding carboxylic acids is 1. The van der Waals surface area contributed by atoms with Crippen LogP contribution >= 0.6 is 39.3 Å². The van der Waals surface area contributed by atoms with Crippen LogP contribution in [-0.4, -0.2) is 35.9 Å². The van der Waals surface area contributed by atoms with Gasteiger partial charge in [0.25, 0.3) is 17.3 Å². The third-order valence-corrected chi connectivity index (χ3v) is 8.14. The van der Waals surface area contributed by atoms with E-state index in [1.54, 1.807) is 6.92 Å². The highest BCUT2D eigenvalue weighted by Gasteiger charge is 2.27. The molecule has 13 nitrogen and oxygen atoms in total. The van der Waals surface area contributed by atoms with E-state index >= 15 is 0 Å². The van der Waals surface area contributed by atoms with Crippen LogP contribution in [-0.2, 0) is 14.9 Å². The topological polar surface area (TPSA) is 180 Å². The Morgan fingerprint density at radius 2 is 1.80 bits per heavy atom. The molecule has 1 aliphatic heterocycles. The van der Waals surface area contributed by atoms with Crippen molar-refractivity contribution >= 4 is 83.6 Å². The summed E-state index contributed by atoms with van der Waals surface area (Å²) in [4.78, 5) is 37.6. The van der Waals surface area contributed by atoms with Crippen LogP contribution < -0.4 is 14.2 Å². The van der Waals surface area contributed by atoms with Crippen molar-refractivity contribution in [3.8, 4) is 11.5 Å². The summed E-state index contributed by atoms with van der Waals surface area (Å²) in [5.41, 5.74) is -0.190. The Bertz CT molecular complexity index is 1750. The molecule has 0 aromatic heterocycles. The first kappa shape index (κ1) is 30.0. The molecule has 0 saturated carbocycles. The van der Waals surface area contributed by atoms with Crippen molar-refractivity contribution < 1.29 is 32.0 Å². The monoisotopic (exact) mass is 682 g/mol. The largest absolute Gasteiger partial charge is 0.490 e. The first-order chi connectivity index (χ1) is 19.4. The normalized spacial score (nSPS) is 15.1. The van der Waals surface area contributed by atoms with Crippen LogP contribution in [0.25, 0.3) is 6.08 Å². The lowest BCUT2D eigenvalue weighted by Gasteiger charge is -2.14. The van der Waals surface area contributed by atoms with E-state index in [1.807, 2.05) is 0 Å². The van der Waals surface area contributed by atoms with Gasteiger partial charge in [0.05, 0.1) is 25.8 Å². The van der Waals surface area contributed by atoms with E-state index in [2.05, 4.69) is 26.2 Å². The Morgan fingerprint density at radius 1 is 1.10 bits per heavy atom. The highest BCUT2D eigenvalue weighted by molar-refractivity contribution is 9.10. The second kappa shape index (κ2) is 12.3. The number of nitro benzene ring substituents is 2. The molecule has 3 aromatic carbocycles. The van der Waals surface area contributed by atoms with Crippen LogP contribution in [0.3, 0.4) is 0 Å². The zero-order valence-corrected chi connectivity index (χ0v) is 24.5. The lowest BCUT2D eigenvalue weighted by Crippen LogP contribution is -2.19. The van der Waals surface area contributed by atoms with E-state index in [1.165, 1.54) is 30.3 Å². The maximum Gasteiger partial charge on any atom is 0.339 e. The minimum atomic E-state index is -4.40. The number of non-ortho nitro benzene ring substituents is 1. The average Bonchev–Trinajstić information content (AvgIpc) is 3.25. The van der Waals surface area contributed by atoms with Crippen molar-refractivity contribution in [2.75, 3.05) is 6.61 Å². The Labute approximate surface area is 249 Å². The zero-order chi connectivity index (χ0) is 29.9. The second-order valence-electron chi connectivity index (χ2n) is 7.92. The number of aliphatic imine (C=N–C) groups is 1. The highest BCUT2D eigenvalue weighted by atomic mass is 79.9. The van der Waals surface area contributed by atoms with Crippen LogP contribution in [0, 0.1) is 20.2 Å². The average molecular weight is 684 g/mol. The number of rotatable bonds is 9. The van der Waals surface area contributed by atoms with Gasteiger partial charge in [-0.15, -0.1) is 0 Å². The van der Waals surface area contributed by atoms with E-state index in [0.29, 0.717) is 5.56 Å². The number of amidine groups is 1. The number of nitrogens with one attached hydrogen (secondary N) is 1. The SMILES string of the molecule is CCOc1cc(/C=C2/SC(=Nc3ccc(Cl)cc3[N+](=O)[O-])NC2=O)cc(Br)c1OS(=O)(=O)c1ccc([N+](=O)[O-])cc1. The molecule has 0 unspecified atom stereocenters. The molecule has 0 bridgehead atoms. The number of hydrogen-bond acceptors (Lipinski definition) is 11. The van der Waals surface area contributed by atoms with Crippen LogP contribution in [0.2, 0.25) is 5.02 Å². The van der Waals surface area contributed by atoms with Gasteiger partial charge in [0.15, 0.2) is 16.7 Å². The number of amides is 1. The quantitative estimate of drug-likeness (QED) is 0.122. The van der Waals surface area contributed by atoms with Crippen LogP contribution in [0.1, 0.15) is 12.5 Å². The number of ether oxygens (including phenoxy) is 1. The van der Waals surface area contributed by atoms with Crippen molar-refractivity contribution in [3.05, 3.63) is 94.8 Å². The molecule has 0 aliphatic carbocycles. The van der Waals surface area contributed by atoms with Gasteiger partial charge in [-0.05, 0) is 82.7 Å². The first-order valence-corrected chi connectivity index (χ1v) is 14.7. The van der Waals surface area contributed by atoms with Gasteiger partial charge in [-0.3, -0.25) is 25.0 Å². The third kappa shape index (κ3) is 7.02. The molecular weight excluding hydrogens is 668 g/mol. The fraction of sp³-hybridized carbons (Fsp3) is 0.0833. The van der Waals surface area contributed by atoms with Gasteiger partial charge in [-0.25, -0.2) is 4.99 Å². The summed E-state index contributed by atoms with van der Waals surface area (Å²) >= 11 is 10.1. The van der Waals surface area contributed by atoms with Crippen molar-refractivity contribution in [1.82, 2.24) is 5.32 Å². The van der Waals surface area contributed by atoms with Gasteiger partial charge in [-0.1, -0.05) is 11.6 Å². The number of carbonyl (C=O) groups is 1. The Hall–Kier alpha value is -3.99. The number of benzene rings is 3. The summed E-state index contributed by atoms with van der Waals surface area (Å²) in [6.45, 7) is 1.82. The molecule has 1 N–H and O–H groups in total. The molecule has 4 rings (SSSR count). The van der Waals surface area contributed by atoms with E-state index in [9.17, 15) is 33.4 Å². The Balaban J connectivity index is 1.63. The summed E-state index contributed by atoms with van der Waals surface area (Å²) in [6.07, 6.45) is 1.49. The number of nitrogens with zero attached hydrogens (tertiary/aromatic N) is 3. The van der Waals surface area contributed by atoms with Crippen molar-refractivity contribution in [2.24, 2.45) is 4.99 Å². The number of hydrogen-bond donors (Lipinski definition) is 1. The summed E-state index contributed by atoms with van der Waals surface area (Å²) in [5.74, 6) is -0.651. The molecule has 1 saturated heterocycles.